The zero-order valence-corrected chi connectivity index (χ0v) is 13.1. The average molecular weight is 336 g/mol. The van der Waals surface area contributed by atoms with Crippen LogP contribution >= 0.6 is 0 Å². The maximum Gasteiger partial charge on any atom is 0.339 e. The van der Waals surface area contributed by atoms with Crippen LogP contribution in [0.3, 0.4) is 0 Å². The molecule has 0 aliphatic rings. The Balaban J connectivity index is 2.11. The molecule has 0 aliphatic heterocycles. The standard InChI is InChI=1S/C15H16N2O5S/c1-21-14(16)15(18)17-11-7-9-13(10-8-11)23(19,20)22-12-5-3-2-4-6-12/h2-10,14H,16H2,1H3,(H,17,18). The van der Waals surface area contributed by atoms with E-state index in [0.29, 0.717) is 5.69 Å². The Morgan fingerprint density at radius 1 is 1.09 bits per heavy atom. The van der Waals surface area contributed by atoms with E-state index in [9.17, 15) is 13.2 Å². The van der Waals surface area contributed by atoms with Crippen LogP contribution < -0.4 is 15.2 Å². The molecule has 0 fully saturated rings. The summed E-state index contributed by atoms with van der Waals surface area (Å²) >= 11 is 0. The summed E-state index contributed by atoms with van der Waals surface area (Å²) < 4.78 is 34.0. The number of benzene rings is 2. The monoisotopic (exact) mass is 336 g/mol. The molecule has 8 heteroatoms. The van der Waals surface area contributed by atoms with Gasteiger partial charge in [-0.1, -0.05) is 18.2 Å². The third-order valence-electron chi connectivity index (χ3n) is 2.87. The molecule has 2 rings (SSSR count). The highest BCUT2D eigenvalue weighted by molar-refractivity contribution is 7.87. The minimum Gasteiger partial charge on any atom is -0.379 e. The molecule has 0 saturated heterocycles. The molecule has 1 amide bonds. The van der Waals surface area contributed by atoms with Gasteiger partial charge in [-0.2, -0.15) is 8.42 Å². The van der Waals surface area contributed by atoms with E-state index in [2.05, 4.69) is 10.1 Å². The van der Waals surface area contributed by atoms with Gasteiger partial charge in [-0.25, -0.2) is 0 Å². The lowest BCUT2D eigenvalue weighted by atomic mass is 10.3. The normalized spacial score (nSPS) is 12.4. The minimum absolute atomic E-state index is 0.0320. The molecule has 2 aromatic carbocycles. The summed E-state index contributed by atoms with van der Waals surface area (Å²) in [5, 5.41) is 2.50. The summed E-state index contributed by atoms with van der Waals surface area (Å²) in [4.78, 5) is 11.5. The summed E-state index contributed by atoms with van der Waals surface area (Å²) in [6, 6.07) is 13.7. The molecule has 0 aliphatic carbocycles. The first-order valence-electron chi connectivity index (χ1n) is 6.61. The van der Waals surface area contributed by atoms with Gasteiger partial charge in [0.2, 0.25) is 0 Å². The number of para-hydroxylation sites is 1. The van der Waals surface area contributed by atoms with Gasteiger partial charge in [-0.05, 0) is 36.4 Å². The van der Waals surface area contributed by atoms with Crippen molar-refractivity contribution in [3.63, 3.8) is 0 Å². The van der Waals surface area contributed by atoms with Crippen LogP contribution in [-0.2, 0) is 19.6 Å². The van der Waals surface area contributed by atoms with Crippen molar-refractivity contribution in [3.8, 4) is 5.75 Å². The fourth-order valence-corrected chi connectivity index (χ4v) is 2.61. The van der Waals surface area contributed by atoms with Crippen LogP contribution in [0.1, 0.15) is 0 Å². The van der Waals surface area contributed by atoms with Crippen molar-refractivity contribution in [2.75, 3.05) is 12.4 Å². The molecule has 1 unspecified atom stereocenters. The van der Waals surface area contributed by atoms with E-state index in [1.165, 1.54) is 43.5 Å². The molecular formula is C15H16N2O5S. The lowest BCUT2D eigenvalue weighted by molar-refractivity contribution is -0.125. The number of rotatable bonds is 6. The Hall–Kier alpha value is -2.42. The van der Waals surface area contributed by atoms with E-state index >= 15 is 0 Å². The number of carbonyl (C=O) groups is 1. The van der Waals surface area contributed by atoms with E-state index in [0.717, 1.165) is 0 Å². The quantitative estimate of drug-likeness (QED) is 0.608. The van der Waals surface area contributed by atoms with Crippen molar-refractivity contribution in [2.45, 2.75) is 11.1 Å². The van der Waals surface area contributed by atoms with Gasteiger partial charge in [0.15, 0.2) is 6.23 Å². The van der Waals surface area contributed by atoms with Crippen molar-refractivity contribution in [1.82, 2.24) is 0 Å². The Morgan fingerprint density at radius 2 is 1.70 bits per heavy atom. The molecule has 2 aromatic rings. The lowest BCUT2D eigenvalue weighted by Crippen LogP contribution is -2.37. The van der Waals surface area contributed by atoms with Crippen LogP contribution in [0.2, 0.25) is 0 Å². The van der Waals surface area contributed by atoms with E-state index in [1.54, 1.807) is 18.2 Å². The van der Waals surface area contributed by atoms with Gasteiger partial charge in [0, 0.05) is 12.8 Å². The number of ether oxygens (including phenoxy) is 1. The van der Waals surface area contributed by atoms with Crippen LogP contribution in [0, 0.1) is 0 Å². The molecule has 0 radical (unpaired) electrons. The largest absolute Gasteiger partial charge is 0.379 e. The molecule has 0 aromatic heterocycles. The number of hydrogen-bond donors (Lipinski definition) is 2. The van der Waals surface area contributed by atoms with Crippen molar-refractivity contribution in [1.29, 1.82) is 0 Å². The van der Waals surface area contributed by atoms with Gasteiger partial charge < -0.3 is 14.2 Å². The fraction of sp³-hybridized carbons (Fsp3) is 0.133. The highest BCUT2D eigenvalue weighted by atomic mass is 32.2. The summed E-state index contributed by atoms with van der Waals surface area (Å²) in [6.45, 7) is 0. The minimum atomic E-state index is -3.94. The topological polar surface area (TPSA) is 108 Å². The Kier molecular flexibility index (Phi) is 5.32. The number of nitrogens with one attached hydrogen (secondary N) is 1. The maximum absolute atomic E-state index is 12.1. The molecular weight excluding hydrogens is 320 g/mol. The number of anilines is 1. The predicted octanol–water partition coefficient (Wildman–Crippen LogP) is 1.32. The summed E-state index contributed by atoms with van der Waals surface area (Å²) in [7, 11) is -2.64. The average Bonchev–Trinajstić information content (AvgIpc) is 2.55. The van der Waals surface area contributed by atoms with E-state index < -0.39 is 22.3 Å². The highest BCUT2D eigenvalue weighted by Crippen LogP contribution is 2.19. The van der Waals surface area contributed by atoms with E-state index in [1.807, 2.05) is 0 Å². The second-order valence-corrected chi connectivity index (χ2v) is 6.07. The Labute approximate surface area is 134 Å². The summed E-state index contributed by atoms with van der Waals surface area (Å²) in [5.74, 6) is -0.320. The molecule has 3 N–H and O–H groups in total. The van der Waals surface area contributed by atoms with Crippen LogP contribution in [0.15, 0.2) is 59.5 Å². The third kappa shape index (κ3) is 4.52. The Morgan fingerprint density at radius 3 is 2.26 bits per heavy atom. The van der Waals surface area contributed by atoms with Crippen molar-refractivity contribution in [2.24, 2.45) is 5.73 Å². The van der Waals surface area contributed by atoms with Gasteiger partial charge >= 0.3 is 10.1 Å². The highest BCUT2D eigenvalue weighted by Gasteiger charge is 2.17. The smallest absolute Gasteiger partial charge is 0.339 e. The van der Waals surface area contributed by atoms with Crippen LogP contribution in [0.4, 0.5) is 5.69 Å². The molecule has 1 atom stereocenters. The summed E-state index contributed by atoms with van der Waals surface area (Å²) in [5.41, 5.74) is 5.79. The van der Waals surface area contributed by atoms with Gasteiger partial charge in [-0.15, -0.1) is 0 Å². The first-order chi connectivity index (χ1) is 10.9. The number of amides is 1. The number of carbonyl (C=O) groups excluding carboxylic acids is 1. The van der Waals surface area contributed by atoms with E-state index in [4.69, 9.17) is 9.92 Å². The lowest BCUT2D eigenvalue weighted by Gasteiger charge is -2.11. The molecule has 0 spiro atoms. The predicted molar refractivity (Wildman–Crippen MR) is 84.3 cm³/mol. The van der Waals surface area contributed by atoms with Gasteiger partial charge in [0.1, 0.15) is 10.6 Å². The zero-order chi connectivity index (χ0) is 16.9. The summed E-state index contributed by atoms with van der Waals surface area (Å²) in [6.07, 6.45) is -1.10. The molecule has 0 heterocycles. The number of hydrogen-bond acceptors (Lipinski definition) is 6. The Bertz CT molecular complexity index is 760. The van der Waals surface area contributed by atoms with Crippen molar-refractivity contribution >= 4 is 21.7 Å². The fourth-order valence-electron chi connectivity index (χ4n) is 1.68. The van der Waals surface area contributed by atoms with Gasteiger partial charge in [-0.3, -0.25) is 10.5 Å². The number of methoxy groups -OCH3 is 1. The SMILES string of the molecule is COC(N)C(=O)Nc1ccc(S(=O)(=O)Oc2ccccc2)cc1. The molecule has 0 bridgehead atoms. The first-order valence-corrected chi connectivity index (χ1v) is 8.02. The zero-order valence-electron chi connectivity index (χ0n) is 12.3. The maximum atomic E-state index is 12.1. The van der Waals surface area contributed by atoms with Crippen LogP contribution in [-0.4, -0.2) is 27.7 Å². The van der Waals surface area contributed by atoms with E-state index in [-0.39, 0.29) is 10.6 Å². The molecule has 7 nitrogen and oxygen atoms in total. The van der Waals surface area contributed by atoms with Crippen molar-refractivity contribution in [3.05, 3.63) is 54.6 Å². The van der Waals surface area contributed by atoms with Crippen LogP contribution in [0.5, 0.6) is 5.75 Å². The molecule has 122 valence electrons. The second-order valence-electron chi connectivity index (χ2n) is 4.52. The second kappa shape index (κ2) is 7.23. The van der Waals surface area contributed by atoms with Crippen LogP contribution in [0.25, 0.3) is 0 Å². The van der Waals surface area contributed by atoms with Gasteiger partial charge in [0.05, 0.1) is 0 Å². The van der Waals surface area contributed by atoms with Crippen molar-refractivity contribution < 1.29 is 22.1 Å². The van der Waals surface area contributed by atoms with Gasteiger partial charge in [0.25, 0.3) is 5.91 Å². The number of nitrogens with two attached hydrogens (primary N) is 1. The first kappa shape index (κ1) is 16.9. The molecule has 0 saturated carbocycles. The molecule has 23 heavy (non-hydrogen) atoms. The third-order valence-corrected chi connectivity index (χ3v) is 4.13.